The summed E-state index contributed by atoms with van der Waals surface area (Å²) in [5.74, 6) is -3.25. The van der Waals surface area contributed by atoms with Crippen LogP contribution in [-0.2, 0) is 24.3 Å². The van der Waals surface area contributed by atoms with Crippen molar-refractivity contribution in [3.63, 3.8) is 0 Å². The average Bonchev–Trinajstić information content (AvgIpc) is 2.16. The molecule has 2 N–H and O–H groups in total. The SMILES string of the molecule is COC(=O)CS(=O)(=O)NCCC(C)C(=O)O. The lowest BCUT2D eigenvalue weighted by Gasteiger charge is -2.07. The molecule has 1 unspecified atom stereocenters. The summed E-state index contributed by atoms with van der Waals surface area (Å²) in [5.41, 5.74) is 0. The molecular weight excluding hydrogens is 238 g/mol. The maximum Gasteiger partial charge on any atom is 0.322 e. The molecule has 0 saturated heterocycles. The van der Waals surface area contributed by atoms with Gasteiger partial charge in [-0.3, -0.25) is 9.59 Å². The third-order valence-corrected chi connectivity index (χ3v) is 3.12. The molecule has 0 aromatic rings. The molecule has 0 bridgehead atoms. The Kier molecular flexibility index (Phi) is 5.97. The summed E-state index contributed by atoms with van der Waals surface area (Å²) >= 11 is 0. The van der Waals surface area contributed by atoms with Crippen LogP contribution in [0.15, 0.2) is 0 Å². The number of hydrogen-bond donors (Lipinski definition) is 2. The van der Waals surface area contributed by atoms with Crippen molar-refractivity contribution >= 4 is 22.0 Å². The molecule has 0 saturated carbocycles. The molecule has 0 aromatic carbocycles. The van der Waals surface area contributed by atoms with E-state index in [0.29, 0.717) is 0 Å². The minimum Gasteiger partial charge on any atom is -0.481 e. The fourth-order valence-corrected chi connectivity index (χ4v) is 1.78. The standard InChI is InChI=1S/C8H15NO6S/c1-6(8(11)12)3-4-9-16(13,14)5-7(10)15-2/h6,9H,3-5H2,1-2H3,(H,11,12). The lowest BCUT2D eigenvalue weighted by atomic mass is 10.1. The molecule has 0 amide bonds. The van der Waals surface area contributed by atoms with E-state index >= 15 is 0 Å². The van der Waals surface area contributed by atoms with Gasteiger partial charge in [0.2, 0.25) is 10.0 Å². The first-order valence-corrected chi connectivity index (χ1v) is 6.20. The Hall–Kier alpha value is -1.15. The molecule has 0 aliphatic heterocycles. The van der Waals surface area contributed by atoms with Gasteiger partial charge in [0.1, 0.15) is 0 Å². The highest BCUT2D eigenvalue weighted by Crippen LogP contribution is 2.00. The molecule has 0 aliphatic rings. The number of carboxylic acid groups (broad SMARTS) is 1. The molecule has 0 aliphatic carbocycles. The van der Waals surface area contributed by atoms with Crippen molar-refractivity contribution < 1.29 is 27.9 Å². The molecule has 94 valence electrons. The summed E-state index contributed by atoms with van der Waals surface area (Å²) < 4.78 is 28.7. The first kappa shape index (κ1) is 14.8. The van der Waals surface area contributed by atoms with E-state index in [1.54, 1.807) is 0 Å². The van der Waals surface area contributed by atoms with Crippen LogP contribution in [0.3, 0.4) is 0 Å². The predicted molar refractivity (Wildman–Crippen MR) is 55.2 cm³/mol. The van der Waals surface area contributed by atoms with Crippen LogP contribution < -0.4 is 4.72 Å². The predicted octanol–water partition coefficient (Wildman–Crippen LogP) is -0.810. The van der Waals surface area contributed by atoms with Gasteiger partial charge in [0.05, 0.1) is 13.0 Å². The van der Waals surface area contributed by atoms with E-state index in [0.717, 1.165) is 7.11 Å². The second kappa shape index (κ2) is 6.44. The van der Waals surface area contributed by atoms with Gasteiger partial charge >= 0.3 is 11.9 Å². The van der Waals surface area contributed by atoms with Crippen LogP contribution >= 0.6 is 0 Å². The van der Waals surface area contributed by atoms with Crippen LogP contribution in [-0.4, -0.2) is 44.9 Å². The van der Waals surface area contributed by atoms with Gasteiger partial charge in [-0.2, -0.15) is 0 Å². The number of hydrogen-bond acceptors (Lipinski definition) is 5. The summed E-state index contributed by atoms with van der Waals surface area (Å²) in [5, 5.41) is 8.54. The number of carboxylic acids is 1. The largest absolute Gasteiger partial charge is 0.481 e. The maximum absolute atomic E-state index is 11.2. The Morgan fingerprint density at radius 2 is 2.00 bits per heavy atom. The number of carbonyl (C=O) groups excluding carboxylic acids is 1. The van der Waals surface area contributed by atoms with E-state index < -0.39 is 33.6 Å². The van der Waals surface area contributed by atoms with Crippen molar-refractivity contribution in [3.8, 4) is 0 Å². The number of nitrogens with one attached hydrogen (secondary N) is 1. The molecule has 0 radical (unpaired) electrons. The monoisotopic (exact) mass is 253 g/mol. The smallest absolute Gasteiger partial charge is 0.322 e. The van der Waals surface area contributed by atoms with Crippen LogP contribution in [0.2, 0.25) is 0 Å². The second-order valence-electron chi connectivity index (χ2n) is 3.26. The first-order valence-electron chi connectivity index (χ1n) is 4.55. The normalized spacial score (nSPS) is 13.1. The lowest BCUT2D eigenvalue weighted by molar-refractivity contribution is -0.141. The number of esters is 1. The van der Waals surface area contributed by atoms with E-state index in [-0.39, 0.29) is 13.0 Å². The molecule has 0 rings (SSSR count). The van der Waals surface area contributed by atoms with Crippen molar-refractivity contribution in [1.29, 1.82) is 0 Å². The minimum atomic E-state index is -3.73. The van der Waals surface area contributed by atoms with Gasteiger partial charge < -0.3 is 9.84 Å². The van der Waals surface area contributed by atoms with E-state index in [1.807, 2.05) is 0 Å². The Bertz CT molecular complexity index is 350. The van der Waals surface area contributed by atoms with Crippen molar-refractivity contribution in [2.75, 3.05) is 19.4 Å². The average molecular weight is 253 g/mol. The zero-order chi connectivity index (χ0) is 12.8. The number of aliphatic carboxylic acids is 1. The van der Waals surface area contributed by atoms with Gasteiger partial charge in [-0.25, -0.2) is 13.1 Å². The van der Waals surface area contributed by atoms with Gasteiger partial charge in [0.15, 0.2) is 5.75 Å². The Morgan fingerprint density at radius 3 is 2.44 bits per heavy atom. The fourth-order valence-electron chi connectivity index (χ4n) is 0.820. The van der Waals surface area contributed by atoms with Crippen LogP contribution in [0.1, 0.15) is 13.3 Å². The molecule has 7 nitrogen and oxygen atoms in total. The van der Waals surface area contributed by atoms with Crippen molar-refractivity contribution in [1.82, 2.24) is 4.72 Å². The molecule has 0 fully saturated rings. The highest BCUT2D eigenvalue weighted by molar-refractivity contribution is 7.90. The van der Waals surface area contributed by atoms with Crippen molar-refractivity contribution in [2.45, 2.75) is 13.3 Å². The van der Waals surface area contributed by atoms with Gasteiger partial charge in [0, 0.05) is 6.54 Å². The van der Waals surface area contributed by atoms with E-state index in [2.05, 4.69) is 9.46 Å². The molecule has 8 heteroatoms. The minimum absolute atomic E-state index is 0.0210. The number of sulfonamides is 1. The zero-order valence-electron chi connectivity index (χ0n) is 9.10. The molecule has 1 atom stereocenters. The third kappa shape index (κ3) is 6.36. The topological polar surface area (TPSA) is 110 Å². The van der Waals surface area contributed by atoms with Crippen LogP contribution in [0.5, 0.6) is 0 Å². The maximum atomic E-state index is 11.2. The van der Waals surface area contributed by atoms with Crippen LogP contribution in [0.4, 0.5) is 0 Å². The molecule has 0 heterocycles. The molecule has 16 heavy (non-hydrogen) atoms. The van der Waals surface area contributed by atoms with Gasteiger partial charge in [-0.05, 0) is 6.42 Å². The first-order chi connectivity index (χ1) is 7.28. The Labute approximate surface area is 93.8 Å². The summed E-state index contributed by atoms with van der Waals surface area (Å²) in [6, 6.07) is 0. The van der Waals surface area contributed by atoms with Gasteiger partial charge in [0.25, 0.3) is 0 Å². The number of ether oxygens (including phenoxy) is 1. The summed E-state index contributed by atoms with van der Waals surface area (Å²) in [6.07, 6.45) is 0.162. The Balaban J connectivity index is 4.01. The highest BCUT2D eigenvalue weighted by atomic mass is 32.2. The quantitative estimate of drug-likeness (QED) is 0.574. The summed E-state index contributed by atoms with van der Waals surface area (Å²) in [6.45, 7) is 1.45. The second-order valence-corrected chi connectivity index (χ2v) is 5.06. The highest BCUT2D eigenvalue weighted by Gasteiger charge is 2.17. The molecule has 0 spiro atoms. The number of methoxy groups -OCH3 is 1. The van der Waals surface area contributed by atoms with E-state index in [9.17, 15) is 18.0 Å². The van der Waals surface area contributed by atoms with Crippen LogP contribution in [0, 0.1) is 5.92 Å². The van der Waals surface area contributed by atoms with Crippen LogP contribution in [0.25, 0.3) is 0 Å². The fraction of sp³-hybridized carbons (Fsp3) is 0.750. The van der Waals surface area contributed by atoms with E-state index in [1.165, 1.54) is 6.92 Å². The number of carbonyl (C=O) groups is 2. The van der Waals surface area contributed by atoms with E-state index in [4.69, 9.17) is 5.11 Å². The number of rotatable bonds is 7. The third-order valence-electron chi connectivity index (χ3n) is 1.86. The Morgan fingerprint density at radius 1 is 1.44 bits per heavy atom. The lowest BCUT2D eigenvalue weighted by Crippen LogP contribution is -2.32. The summed E-state index contributed by atoms with van der Waals surface area (Å²) in [7, 11) is -2.64. The van der Waals surface area contributed by atoms with Gasteiger partial charge in [-0.15, -0.1) is 0 Å². The molecule has 0 aromatic heterocycles. The zero-order valence-corrected chi connectivity index (χ0v) is 9.91. The molecular formula is C8H15NO6S. The van der Waals surface area contributed by atoms with Crippen molar-refractivity contribution in [3.05, 3.63) is 0 Å². The van der Waals surface area contributed by atoms with Gasteiger partial charge in [-0.1, -0.05) is 6.92 Å². The summed E-state index contributed by atoms with van der Waals surface area (Å²) in [4.78, 5) is 21.1. The van der Waals surface area contributed by atoms with Crippen molar-refractivity contribution in [2.24, 2.45) is 5.92 Å².